The summed E-state index contributed by atoms with van der Waals surface area (Å²) in [5.41, 5.74) is 0. The van der Waals surface area contributed by atoms with E-state index in [0.717, 1.165) is 0 Å². The molecule has 0 atom stereocenters. The van der Waals surface area contributed by atoms with Crippen LogP contribution in [0.5, 0.6) is 0 Å². The molecule has 0 unspecified atom stereocenters. The molecule has 20 heavy (non-hydrogen) atoms. The molecule has 0 fully saturated rings. The lowest BCUT2D eigenvalue weighted by Gasteiger charge is -1.98. The van der Waals surface area contributed by atoms with Crippen molar-refractivity contribution in [1.82, 2.24) is 0 Å². The summed E-state index contributed by atoms with van der Waals surface area (Å²) in [6.45, 7) is 3.23. The summed E-state index contributed by atoms with van der Waals surface area (Å²) in [4.78, 5) is 21.8. The predicted molar refractivity (Wildman–Crippen MR) is 71.1 cm³/mol. The first-order chi connectivity index (χ1) is 9.60. The van der Waals surface area contributed by atoms with Crippen LogP contribution in [0, 0.1) is 0 Å². The third-order valence-electron chi connectivity index (χ3n) is 1.65. The largest absolute Gasteiger partial charge is 0.697 e. The molecule has 0 aromatic heterocycles. The van der Waals surface area contributed by atoms with Gasteiger partial charge in [-0.05, 0) is 13.8 Å². The third kappa shape index (κ3) is 11.5. The Labute approximate surface area is 118 Å². The third-order valence-corrected chi connectivity index (χ3v) is 2.44. The van der Waals surface area contributed by atoms with Gasteiger partial charge in [-0.25, -0.2) is 9.59 Å². The van der Waals surface area contributed by atoms with Crippen molar-refractivity contribution < 1.29 is 32.7 Å². The molecule has 0 saturated carbocycles. The van der Waals surface area contributed by atoms with Gasteiger partial charge in [0.25, 0.3) is 0 Å². The van der Waals surface area contributed by atoms with Gasteiger partial charge in [-0.1, -0.05) is 12.2 Å². The van der Waals surface area contributed by atoms with Crippen LogP contribution in [0.15, 0.2) is 24.3 Å². The maximum atomic E-state index is 11.2. The number of ether oxygens (including phenoxy) is 2. The molecule has 112 valence electrons. The molecule has 8 heteroatoms. The monoisotopic (exact) mass is 305 g/mol. The summed E-state index contributed by atoms with van der Waals surface area (Å²) in [7, 11) is -2.33. The van der Waals surface area contributed by atoms with Crippen LogP contribution in [0.3, 0.4) is 0 Å². The quantitative estimate of drug-likeness (QED) is 0.264. The van der Waals surface area contributed by atoms with Gasteiger partial charge in [0.2, 0.25) is 0 Å². The fourth-order valence-corrected chi connectivity index (χ4v) is 1.44. The van der Waals surface area contributed by atoms with Gasteiger partial charge in [-0.2, -0.15) is 0 Å². The zero-order chi connectivity index (χ0) is 15.2. The van der Waals surface area contributed by atoms with Gasteiger partial charge in [-0.15, -0.1) is 9.05 Å². The Balaban J connectivity index is 3.50. The summed E-state index contributed by atoms with van der Waals surface area (Å²) in [6, 6.07) is 0. The Morgan fingerprint density at radius 3 is 1.60 bits per heavy atom. The number of carbonyl (C=O) groups is 2. The minimum atomic E-state index is -2.33. The summed E-state index contributed by atoms with van der Waals surface area (Å²) >= 11 is 0. The maximum Gasteiger partial charge on any atom is 0.697 e. The zero-order valence-corrected chi connectivity index (χ0v) is 12.3. The molecular weight excluding hydrogens is 287 g/mol. The number of esters is 2. The van der Waals surface area contributed by atoms with E-state index < -0.39 is 20.2 Å². The maximum absolute atomic E-state index is 11.2. The predicted octanol–water partition coefficient (Wildman–Crippen LogP) is 1.92. The lowest BCUT2D eigenvalue weighted by molar-refractivity contribution is -0.139. The Morgan fingerprint density at radius 2 is 1.25 bits per heavy atom. The van der Waals surface area contributed by atoms with Crippen LogP contribution in [-0.2, 0) is 32.7 Å². The smallest absolute Gasteiger partial charge is 0.460 e. The van der Waals surface area contributed by atoms with Crippen molar-refractivity contribution in [2.24, 2.45) is 0 Å². The molecule has 0 aliphatic rings. The highest BCUT2D eigenvalue weighted by molar-refractivity contribution is 7.33. The molecule has 0 amide bonds. The van der Waals surface area contributed by atoms with Crippen LogP contribution < -0.4 is 0 Å². The van der Waals surface area contributed by atoms with Crippen LogP contribution in [-0.4, -0.2) is 38.4 Å². The molecule has 0 heterocycles. The van der Waals surface area contributed by atoms with Crippen molar-refractivity contribution >= 4 is 20.2 Å². The SMILES string of the molecule is CC=CC(=O)OCCO[P+](=O)OCCOC(=O)C=CC. The summed E-state index contributed by atoms with van der Waals surface area (Å²) < 4.78 is 30.1. The van der Waals surface area contributed by atoms with Gasteiger partial charge in [0.05, 0.1) is 0 Å². The molecule has 0 aromatic rings. The van der Waals surface area contributed by atoms with Crippen molar-refractivity contribution in [3.05, 3.63) is 24.3 Å². The van der Waals surface area contributed by atoms with E-state index in [1.165, 1.54) is 12.2 Å². The van der Waals surface area contributed by atoms with Crippen LogP contribution >= 0.6 is 8.25 Å². The Kier molecular flexibility index (Phi) is 11.5. The Morgan fingerprint density at radius 1 is 0.850 bits per heavy atom. The molecule has 7 nitrogen and oxygen atoms in total. The Hall–Kier alpha value is -1.56. The van der Waals surface area contributed by atoms with Gasteiger partial charge < -0.3 is 9.47 Å². The van der Waals surface area contributed by atoms with Crippen molar-refractivity contribution in [2.75, 3.05) is 26.4 Å². The molecule has 0 radical (unpaired) electrons. The van der Waals surface area contributed by atoms with Crippen LogP contribution in [0.2, 0.25) is 0 Å². The van der Waals surface area contributed by atoms with E-state index in [4.69, 9.17) is 18.5 Å². The van der Waals surface area contributed by atoms with E-state index in [9.17, 15) is 14.2 Å². The highest BCUT2D eigenvalue weighted by Gasteiger charge is 2.20. The minimum Gasteiger partial charge on any atom is -0.460 e. The number of hydrogen-bond acceptors (Lipinski definition) is 7. The van der Waals surface area contributed by atoms with Crippen molar-refractivity contribution in [3.63, 3.8) is 0 Å². The number of allylic oxidation sites excluding steroid dienone is 2. The second-order valence-electron chi connectivity index (χ2n) is 3.23. The van der Waals surface area contributed by atoms with E-state index in [2.05, 4.69) is 0 Å². The van der Waals surface area contributed by atoms with Crippen molar-refractivity contribution in [2.45, 2.75) is 13.8 Å². The first-order valence-corrected chi connectivity index (χ1v) is 7.01. The van der Waals surface area contributed by atoms with Gasteiger partial charge in [0.15, 0.2) is 0 Å². The van der Waals surface area contributed by atoms with Gasteiger partial charge in [0.1, 0.15) is 26.4 Å². The van der Waals surface area contributed by atoms with Crippen molar-refractivity contribution in [3.8, 4) is 0 Å². The standard InChI is InChI=1S/C12H18O7P/c1-3-5-11(13)16-7-9-18-20(15)19-10-8-17-12(14)6-4-2/h3-6H,7-10H2,1-2H3/q+1. The molecule has 0 aromatic carbocycles. The van der Waals surface area contributed by atoms with Crippen LogP contribution in [0.4, 0.5) is 0 Å². The van der Waals surface area contributed by atoms with E-state index >= 15 is 0 Å². The lowest BCUT2D eigenvalue weighted by Crippen LogP contribution is -2.08. The molecule has 0 aliphatic carbocycles. The minimum absolute atomic E-state index is 0.0239. The molecule has 0 rings (SSSR count). The highest BCUT2D eigenvalue weighted by atomic mass is 31.1. The average Bonchev–Trinajstić information content (AvgIpc) is 2.40. The van der Waals surface area contributed by atoms with E-state index in [1.807, 2.05) is 0 Å². The van der Waals surface area contributed by atoms with Gasteiger partial charge >= 0.3 is 20.2 Å². The van der Waals surface area contributed by atoms with Gasteiger partial charge in [-0.3, -0.25) is 0 Å². The normalized spacial score (nSPS) is 11.8. The van der Waals surface area contributed by atoms with E-state index in [-0.39, 0.29) is 26.4 Å². The zero-order valence-electron chi connectivity index (χ0n) is 11.4. The van der Waals surface area contributed by atoms with Crippen LogP contribution in [0.25, 0.3) is 0 Å². The first-order valence-electron chi connectivity index (χ1n) is 5.92. The number of hydrogen-bond donors (Lipinski definition) is 0. The van der Waals surface area contributed by atoms with E-state index in [0.29, 0.717) is 0 Å². The number of carbonyl (C=O) groups excluding carboxylic acids is 2. The fourth-order valence-electron chi connectivity index (χ4n) is 0.914. The summed E-state index contributed by atoms with van der Waals surface area (Å²) in [5.74, 6) is -0.994. The van der Waals surface area contributed by atoms with Gasteiger partial charge in [0, 0.05) is 16.7 Å². The molecule has 0 bridgehead atoms. The Bertz CT molecular complexity index is 342. The summed E-state index contributed by atoms with van der Waals surface area (Å²) in [5, 5.41) is 0. The van der Waals surface area contributed by atoms with Crippen LogP contribution in [0.1, 0.15) is 13.8 Å². The summed E-state index contributed by atoms with van der Waals surface area (Å²) in [6.07, 6.45) is 5.61. The first kappa shape index (κ1) is 18.4. The second-order valence-corrected chi connectivity index (χ2v) is 4.19. The number of rotatable bonds is 10. The molecule has 0 N–H and O–H groups in total. The molecule has 0 aliphatic heterocycles. The fraction of sp³-hybridized carbons (Fsp3) is 0.500. The topological polar surface area (TPSA) is 88.1 Å². The molecule has 0 spiro atoms. The average molecular weight is 305 g/mol. The van der Waals surface area contributed by atoms with Crippen molar-refractivity contribution in [1.29, 1.82) is 0 Å². The molecular formula is C12H18O7P+. The van der Waals surface area contributed by atoms with E-state index in [1.54, 1.807) is 26.0 Å². The second kappa shape index (κ2) is 12.5. The lowest BCUT2D eigenvalue weighted by atomic mass is 10.5. The molecule has 0 saturated heterocycles. The highest BCUT2D eigenvalue weighted by Crippen LogP contribution is 2.22.